The van der Waals surface area contributed by atoms with Crippen molar-refractivity contribution in [2.45, 2.75) is 65.5 Å². The minimum absolute atomic E-state index is 0. The molecule has 1 unspecified atom stereocenters. The zero-order valence-electron chi connectivity index (χ0n) is 19.1. The Morgan fingerprint density at radius 3 is 2.70 bits per heavy atom. The molecule has 9 heteroatoms. The van der Waals surface area contributed by atoms with E-state index in [0.717, 1.165) is 56.9 Å². The predicted molar refractivity (Wildman–Crippen MR) is 131 cm³/mol. The van der Waals surface area contributed by atoms with Crippen LogP contribution >= 0.6 is 24.0 Å². The van der Waals surface area contributed by atoms with Crippen LogP contribution in [0.3, 0.4) is 0 Å². The number of hydrogen-bond donors (Lipinski definition) is 2. The van der Waals surface area contributed by atoms with Crippen molar-refractivity contribution in [1.29, 1.82) is 0 Å². The van der Waals surface area contributed by atoms with Crippen LogP contribution in [-0.4, -0.2) is 71.1 Å². The molecule has 0 aromatic carbocycles. The van der Waals surface area contributed by atoms with E-state index in [9.17, 15) is 0 Å². The molecule has 0 amide bonds. The Balaban J connectivity index is 0.00000320. The molecule has 0 bridgehead atoms. The SMILES string of the molecule is CCOCCC1(CNC(=NCc2nnc(C)n2C)NCC2CCCN2CC)CC1.I. The molecule has 1 saturated heterocycles. The summed E-state index contributed by atoms with van der Waals surface area (Å²) in [4.78, 5) is 7.39. The number of likely N-dealkylation sites (N-methyl/N-ethyl adjacent to an activating group) is 1. The average Bonchev–Trinajstić information content (AvgIpc) is 3.22. The number of likely N-dealkylation sites (tertiary alicyclic amines) is 1. The van der Waals surface area contributed by atoms with Gasteiger partial charge in [-0.05, 0) is 64.5 Å². The summed E-state index contributed by atoms with van der Waals surface area (Å²) in [5.74, 6) is 2.68. The molecule has 1 aliphatic carbocycles. The second-order valence-electron chi connectivity index (χ2n) is 8.49. The van der Waals surface area contributed by atoms with Gasteiger partial charge in [0.1, 0.15) is 12.4 Å². The molecule has 0 radical (unpaired) electrons. The summed E-state index contributed by atoms with van der Waals surface area (Å²) >= 11 is 0. The number of aromatic nitrogens is 3. The van der Waals surface area contributed by atoms with Crippen LogP contribution in [0.5, 0.6) is 0 Å². The number of nitrogens with zero attached hydrogens (tertiary/aromatic N) is 5. The highest BCUT2D eigenvalue weighted by molar-refractivity contribution is 14.0. The largest absolute Gasteiger partial charge is 0.382 e. The standard InChI is InChI=1S/C21H39N7O.HI/c1-5-28-12-7-8-18(28)14-22-20(23-15-19-26-25-17(3)27(19)4)24-16-21(9-10-21)11-13-29-6-2;/h18H,5-16H2,1-4H3,(H2,22,23,24);1H. The number of nitrogens with one attached hydrogen (secondary N) is 2. The number of guanidine groups is 1. The van der Waals surface area contributed by atoms with Crippen molar-refractivity contribution < 1.29 is 4.74 Å². The van der Waals surface area contributed by atoms with Crippen molar-refractivity contribution in [3.8, 4) is 0 Å². The van der Waals surface area contributed by atoms with Crippen molar-refractivity contribution in [2.75, 3.05) is 39.4 Å². The first-order valence-electron chi connectivity index (χ1n) is 11.3. The highest BCUT2D eigenvalue weighted by Gasteiger charge is 2.42. The summed E-state index contributed by atoms with van der Waals surface area (Å²) in [6.45, 7) is 12.7. The molecule has 2 aliphatic rings. The van der Waals surface area contributed by atoms with Gasteiger partial charge in [-0.1, -0.05) is 6.92 Å². The third kappa shape index (κ3) is 7.05. The first-order valence-corrected chi connectivity index (χ1v) is 11.3. The second kappa shape index (κ2) is 12.2. The molecule has 1 aromatic rings. The second-order valence-corrected chi connectivity index (χ2v) is 8.49. The lowest BCUT2D eigenvalue weighted by Gasteiger charge is -2.25. The van der Waals surface area contributed by atoms with E-state index in [1.165, 1.54) is 32.2 Å². The molecule has 2 fully saturated rings. The Bertz CT molecular complexity index is 674. The Morgan fingerprint density at radius 1 is 1.27 bits per heavy atom. The molecule has 1 atom stereocenters. The van der Waals surface area contributed by atoms with Crippen molar-refractivity contribution in [1.82, 2.24) is 30.3 Å². The quantitative estimate of drug-likeness (QED) is 0.197. The molecular weight excluding hydrogens is 493 g/mol. The molecule has 1 aromatic heterocycles. The minimum atomic E-state index is 0. The zero-order chi connectivity index (χ0) is 20.7. The highest BCUT2D eigenvalue weighted by atomic mass is 127. The van der Waals surface area contributed by atoms with E-state index in [1.807, 2.05) is 18.5 Å². The van der Waals surface area contributed by atoms with Crippen LogP contribution < -0.4 is 10.6 Å². The number of rotatable bonds is 11. The van der Waals surface area contributed by atoms with Crippen LogP contribution in [0.1, 0.15) is 57.6 Å². The summed E-state index contributed by atoms with van der Waals surface area (Å²) in [7, 11) is 1.99. The minimum Gasteiger partial charge on any atom is -0.382 e. The van der Waals surface area contributed by atoms with Gasteiger partial charge in [0.15, 0.2) is 11.8 Å². The van der Waals surface area contributed by atoms with Gasteiger partial charge in [-0.25, -0.2) is 4.99 Å². The van der Waals surface area contributed by atoms with E-state index in [4.69, 9.17) is 9.73 Å². The number of ether oxygens (including phenoxy) is 1. The predicted octanol–water partition coefficient (Wildman–Crippen LogP) is 2.47. The lowest BCUT2D eigenvalue weighted by Crippen LogP contribution is -2.46. The van der Waals surface area contributed by atoms with Gasteiger partial charge in [-0.2, -0.15) is 0 Å². The van der Waals surface area contributed by atoms with Crippen LogP contribution in [0.2, 0.25) is 0 Å². The maximum Gasteiger partial charge on any atom is 0.191 e. The van der Waals surface area contributed by atoms with Gasteiger partial charge in [-0.15, -0.1) is 34.2 Å². The molecule has 0 spiro atoms. The van der Waals surface area contributed by atoms with Crippen LogP contribution in [-0.2, 0) is 18.3 Å². The monoisotopic (exact) mass is 533 g/mol. The maximum absolute atomic E-state index is 5.58. The van der Waals surface area contributed by atoms with E-state index in [0.29, 0.717) is 18.0 Å². The summed E-state index contributed by atoms with van der Waals surface area (Å²) < 4.78 is 7.58. The fourth-order valence-electron chi connectivity index (χ4n) is 4.07. The zero-order valence-corrected chi connectivity index (χ0v) is 21.4. The van der Waals surface area contributed by atoms with Gasteiger partial charge >= 0.3 is 0 Å². The van der Waals surface area contributed by atoms with E-state index >= 15 is 0 Å². The smallest absolute Gasteiger partial charge is 0.191 e. The number of hydrogen-bond acceptors (Lipinski definition) is 5. The van der Waals surface area contributed by atoms with Gasteiger partial charge in [0.25, 0.3) is 0 Å². The van der Waals surface area contributed by atoms with E-state index < -0.39 is 0 Å². The Hall–Kier alpha value is -0.940. The van der Waals surface area contributed by atoms with E-state index in [2.05, 4.69) is 39.6 Å². The molecule has 172 valence electrons. The van der Waals surface area contributed by atoms with Gasteiger partial charge in [0.05, 0.1) is 0 Å². The van der Waals surface area contributed by atoms with Crippen molar-refractivity contribution in [3.63, 3.8) is 0 Å². The molecule has 1 saturated carbocycles. The fourth-order valence-corrected chi connectivity index (χ4v) is 4.07. The van der Waals surface area contributed by atoms with Crippen molar-refractivity contribution >= 4 is 29.9 Å². The third-order valence-electron chi connectivity index (χ3n) is 6.54. The molecule has 2 N–H and O–H groups in total. The van der Waals surface area contributed by atoms with Crippen molar-refractivity contribution in [3.05, 3.63) is 11.6 Å². The lowest BCUT2D eigenvalue weighted by molar-refractivity contribution is 0.128. The number of aliphatic imine (C=N–C) groups is 1. The topological polar surface area (TPSA) is 79.6 Å². The molecule has 2 heterocycles. The van der Waals surface area contributed by atoms with Crippen LogP contribution in [0, 0.1) is 12.3 Å². The first-order chi connectivity index (χ1) is 14.1. The van der Waals surface area contributed by atoms with Crippen LogP contribution in [0.15, 0.2) is 4.99 Å². The Kier molecular flexibility index (Phi) is 10.3. The molecule has 1 aliphatic heterocycles. The number of halogens is 1. The molecule has 30 heavy (non-hydrogen) atoms. The summed E-state index contributed by atoms with van der Waals surface area (Å²) in [6, 6.07) is 0.594. The van der Waals surface area contributed by atoms with Gasteiger partial charge in [0.2, 0.25) is 0 Å². The molecular formula is C21H40IN7O. The summed E-state index contributed by atoms with van der Waals surface area (Å²) in [5, 5.41) is 15.6. The maximum atomic E-state index is 5.58. The van der Waals surface area contributed by atoms with E-state index in [1.54, 1.807) is 0 Å². The van der Waals surface area contributed by atoms with Gasteiger partial charge < -0.3 is 19.9 Å². The van der Waals surface area contributed by atoms with Crippen LogP contribution in [0.4, 0.5) is 0 Å². The fraction of sp³-hybridized carbons (Fsp3) is 0.857. The summed E-state index contributed by atoms with van der Waals surface area (Å²) in [5.41, 5.74) is 0.377. The molecule has 8 nitrogen and oxygen atoms in total. The number of aryl methyl sites for hydroxylation is 1. The lowest BCUT2D eigenvalue weighted by atomic mass is 10.0. The van der Waals surface area contributed by atoms with Crippen LogP contribution in [0.25, 0.3) is 0 Å². The Labute approximate surface area is 198 Å². The molecule has 3 rings (SSSR count). The van der Waals surface area contributed by atoms with E-state index in [-0.39, 0.29) is 24.0 Å². The normalized spacial score (nSPS) is 20.8. The third-order valence-corrected chi connectivity index (χ3v) is 6.54. The van der Waals surface area contributed by atoms with Crippen molar-refractivity contribution in [2.24, 2.45) is 17.5 Å². The van der Waals surface area contributed by atoms with Gasteiger partial charge in [0, 0.05) is 39.4 Å². The Morgan fingerprint density at radius 2 is 2.07 bits per heavy atom. The van der Waals surface area contributed by atoms with Gasteiger partial charge in [-0.3, -0.25) is 4.90 Å². The first kappa shape index (κ1) is 25.3. The average molecular weight is 534 g/mol. The highest BCUT2D eigenvalue weighted by Crippen LogP contribution is 2.48. The summed E-state index contributed by atoms with van der Waals surface area (Å²) in [6.07, 6.45) is 6.22.